The Hall–Kier alpha value is -1.73. The van der Waals surface area contributed by atoms with Crippen molar-refractivity contribution in [1.29, 1.82) is 0 Å². The molecule has 7 heteroatoms. The highest BCUT2D eigenvalue weighted by Gasteiger charge is 2.19. The molecule has 0 atom stereocenters. The van der Waals surface area contributed by atoms with E-state index in [9.17, 15) is 14.5 Å². The number of nitrogens with one attached hydrogen (secondary N) is 1. The number of rotatable bonds is 8. The largest absolute Gasteiger partial charge is 0.378 e. The highest BCUT2D eigenvalue weighted by Crippen LogP contribution is 2.26. The van der Waals surface area contributed by atoms with Gasteiger partial charge in [-0.05, 0) is 26.2 Å². The van der Waals surface area contributed by atoms with Gasteiger partial charge in [0, 0.05) is 13.1 Å². The first-order valence-corrected chi connectivity index (χ1v) is 5.91. The second-order valence-corrected chi connectivity index (χ2v) is 4.24. The fraction of sp³-hybridized carbons (Fsp3) is 0.500. The number of halogens is 1. The Morgan fingerprint density at radius 1 is 1.42 bits per heavy atom. The van der Waals surface area contributed by atoms with Crippen molar-refractivity contribution >= 4 is 11.4 Å². The van der Waals surface area contributed by atoms with Crippen LogP contribution in [0.15, 0.2) is 18.2 Å². The van der Waals surface area contributed by atoms with Crippen molar-refractivity contribution in [1.82, 2.24) is 4.90 Å². The molecule has 19 heavy (non-hydrogen) atoms. The van der Waals surface area contributed by atoms with E-state index in [1.165, 1.54) is 12.1 Å². The summed E-state index contributed by atoms with van der Waals surface area (Å²) < 4.78 is 18.6. The number of likely N-dealkylation sites (N-methyl/N-ethyl adjacent to an activating group) is 1. The predicted molar refractivity (Wildman–Crippen MR) is 70.9 cm³/mol. The van der Waals surface area contributed by atoms with E-state index in [4.69, 9.17) is 4.74 Å². The first-order chi connectivity index (χ1) is 9.02. The molecule has 1 N–H and O–H groups in total. The number of nitrogens with zero attached hydrogens (tertiary/aromatic N) is 2. The van der Waals surface area contributed by atoms with Crippen molar-refractivity contribution in [3.05, 3.63) is 34.1 Å². The SMILES string of the molecule is CN(C)CCOCCNc1cccc(F)c1[N+](=O)[O-]. The topological polar surface area (TPSA) is 67.6 Å². The van der Waals surface area contributed by atoms with Gasteiger partial charge >= 0.3 is 5.69 Å². The van der Waals surface area contributed by atoms with Crippen LogP contribution in [0, 0.1) is 15.9 Å². The van der Waals surface area contributed by atoms with Gasteiger partial charge in [0.05, 0.1) is 18.1 Å². The summed E-state index contributed by atoms with van der Waals surface area (Å²) in [7, 11) is 3.88. The van der Waals surface area contributed by atoms with Crippen LogP contribution in [0.2, 0.25) is 0 Å². The van der Waals surface area contributed by atoms with Gasteiger partial charge in [-0.2, -0.15) is 4.39 Å². The summed E-state index contributed by atoms with van der Waals surface area (Å²) in [4.78, 5) is 12.0. The second-order valence-electron chi connectivity index (χ2n) is 4.24. The number of para-hydroxylation sites is 1. The van der Waals surface area contributed by atoms with Crippen molar-refractivity contribution < 1.29 is 14.1 Å². The smallest absolute Gasteiger partial charge is 0.327 e. The first-order valence-electron chi connectivity index (χ1n) is 5.91. The Balaban J connectivity index is 2.41. The van der Waals surface area contributed by atoms with Crippen LogP contribution >= 0.6 is 0 Å². The molecule has 0 radical (unpaired) electrons. The molecule has 0 saturated carbocycles. The summed E-state index contributed by atoms with van der Waals surface area (Å²) in [6.45, 7) is 2.18. The van der Waals surface area contributed by atoms with Crippen LogP contribution in [0.5, 0.6) is 0 Å². The van der Waals surface area contributed by atoms with E-state index in [-0.39, 0.29) is 5.69 Å². The fourth-order valence-corrected chi connectivity index (χ4v) is 1.45. The van der Waals surface area contributed by atoms with E-state index in [1.54, 1.807) is 0 Å². The van der Waals surface area contributed by atoms with Crippen molar-refractivity contribution in [2.45, 2.75) is 0 Å². The predicted octanol–water partition coefficient (Wildman–Crippen LogP) is 1.72. The van der Waals surface area contributed by atoms with E-state index in [0.29, 0.717) is 19.8 Å². The van der Waals surface area contributed by atoms with Crippen LogP contribution in [0.25, 0.3) is 0 Å². The molecule has 0 spiro atoms. The van der Waals surface area contributed by atoms with Crippen molar-refractivity contribution in [3.63, 3.8) is 0 Å². The third-order valence-electron chi connectivity index (χ3n) is 2.41. The quantitative estimate of drug-likeness (QED) is 0.443. The minimum Gasteiger partial charge on any atom is -0.378 e. The molecule has 0 aromatic heterocycles. The van der Waals surface area contributed by atoms with Gasteiger partial charge in [0.2, 0.25) is 5.82 Å². The van der Waals surface area contributed by atoms with Gasteiger partial charge in [-0.3, -0.25) is 10.1 Å². The molecule has 0 heterocycles. The zero-order valence-corrected chi connectivity index (χ0v) is 11.1. The molecule has 0 fully saturated rings. The van der Waals surface area contributed by atoms with E-state index >= 15 is 0 Å². The lowest BCUT2D eigenvalue weighted by molar-refractivity contribution is -0.386. The Morgan fingerprint density at radius 3 is 2.79 bits per heavy atom. The van der Waals surface area contributed by atoms with E-state index in [0.717, 1.165) is 12.6 Å². The maximum Gasteiger partial charge on any atom is 0.327 e. The van der Waals surface area contributed by atoms with Crippen LogP contribution < -0.4 is 5.32 Å². The number of benzene rings is 1. The Kier molecular flexibility index (Phi) is 6.17. The summed E-state index contributed by atoms with van der Waals surface area (Å²) >= 11 is 0. The van der Waals surface area contributed by atoms with Crippen LogP contribution in [-0.4, -0.2) is 50.2 Å². The molecule has 0 amide bonds. The molecule has 6 nitrogen and oxygen atoms in total. The van der Waals surface area contributed by atoms with Crippen molar-refractivity contribution in [3.8, 4) is 0 Å². The number of hydrogen-bond donors (Lipinski definition) is 1. The van der Waals surface area contributed by atoms with Gasteiger partial charge in [0.25, 0.3) is 0 Å². The van der Waals surface area contributed by atoms with Crippen LogP contribution in [0.4, 0.5) is 15.8 Å². The lowest BCUT2D eigenvalue weighted by atomic mass is 10.2. The zero-order valence-electron chi connectivity index (χ0n) is 11.1. The van der Waals surface area contributed by atoms with Crippen LogP contribution in [0.3, 0.4) is 0 Å². The highest BCUT2D eigenvalue weighted by atomic mass is 19.1. The van der Waals surface area contributed by atoms with Crippen molar-refractivity contribution in [2.75, 3.05) is 45.7 Å². The van der Waals surface area contributed by atoms with Crippen molar-refractivity contribution in [2.24, 2.45) is 0 Å². The minimum absolute atomic E-state index is 0.168. The molecule has 1 aromatic rings. The normalized spacial score (nSPS) is 10.7. The standard InChI is InChI=1S/C12H18FN3O3/c1-15(2)7-9-19-8-6-14-11-5-3-4-10(13)12(11)16(17)18/h3-5,14H,6-9H2,1-2H3. The molecule has 0 saturated heterocycles. The molecule has 0 aliphatic rings. The molecule has 106 valence electrons. The van der Waals surface area contributed by atoms with Crippen LogP contribution in [0.1, 0.15) is 0 Å². The lowest BCUT2D eigenvalue weighted by Crippen LogP contribution is -2.20. The molecule has 0 aliphatic heterocycles. The van der Waals surface area contributed by atoms with Crippen LogP contribution in [-0.2, 0) is 4.74 Å². The zero-order chi connectivity index (χ0) is 14.3. The monoisotopic (exact) mass is 271 g/mol. The summed E-state index contributed by atoms with van der Waals surface area (Å²) in [5.74, 6) is -0.844. The number of nitro benzene ring substituents is 1. The maximum atomic E-state index is 13.3. The van der Waals surface area contributed by atoms with Gasteiger partial charge in [0.15, 0.2) is 0 Å². The summed E-state index contributed by atoms with van der Waals surface area (Å²) in [6.07, 6.45) is 0. The summed E-state index contributed by atoms with van der Waals surface area (Å²) in [6, 6.07) is 3.97. The molecule has 0 unspecified atom stereocenters. The van der Waals surface area contributed by atoms with E-state index in [1.807, 2.05) is 19.0 Å². The second kappa shape index (κ2) is 7.65. The molecule has 0 bridgehead atoms. The van der Waals surface area contributed by atoms with Gasteiger partial charge in [0.1, 0.15) is 5.69 Å². The third-order valence-corrected chi connectivity index (χ3v) is 2.41. The minimum atomic E-state index is -0.844. The highest BCUT2D eigenvalue weighted by molar-refractivity contribution is 5.61. The molecular formula is C12H18FN3O3. The summed E-state index contributed by atoms with van der Waals surface area (Å²) in [5.41, 5.74) is -0.364. The van der Waals surface area contributed by atoms with E-state index < -0.39 is 16.4 Å². The van der Waals surface area contributed by atoms with Gasteiger partial charge < -0.3 is 15.0 Å². The van der Waals surface area contributed by atoms with Gasteiger partial charge in [-0.1, -0.05) is 6.07 Å². The molecular weight excluding hydrogens is 253 g/mol. The Bertz CT molecular complexity index is 427. The number of hydrogen-bond acceptors (Lipinski definition) is 5. The first kappa shape index (κ1) is 15.3. The average molecular weight is 271 g/mol. The fourth-order valence-electron chi connectivity index (χ4n) is 1.45. The molecule has 0 aliphatic carbocycles. The summed E-state index contributed by atoms with van der Waals surface area (Å²) in [5, 5.41) is 13.5. The third kappa shape index (κ3) is 5.19. The maximum absolute atomic E-state index is 13.3. The number of ether oxygens (including phenoxy) is 1. The Labute approximate surface area is 111 Å². The number of nitro groups is 1. The number of anilines is 1. The molecule has 1 aromatic carbocycles. The van der Waals surface area contributed by atoms with Gasteiger partial charge in [-0.15, -0.1) is 0 Å². The van der Waals surface area contributed by atoms with E-state index in [2.05, 4.69) is 5.32 Å². The van der Waals surface area contributed by atoms with Gasteiger partial charge in [-0.25, -0.2) is 0 Å². The average Bonchev–Trinajstić information content (AvgIpc) is 2.32. The lowest BCUT2D eigenvalue weighted by Gasteiger charge is -2.11. The Morgan fingerprint density at radius 2 is 2.16 bits per heavy atom. The molecule has 1 rings (SSSR count).